The Labute approximate surface area is 97.7 Å². The van der Waals surface area contributed by atoms with Gasteiger partial charge in [0.05, 0.1) is 6.10 Å². The van der Waals surface area contributed by atoms with Crippen molar-refractivity contribution in [2.75, 3.05) is 13.1 Å². The van der Waals surface area contributed by atoms with Crippen molar-refractivity contribution in [3.63, 3.8) is 0 Å². The van der Waals surface area contributed by atoms with E-state index in [0.717, 1.165) is 12.1 Å². The minimum Gasteiger partial charge on any atom is -0.387 e. The quantitative estimate of drug-likeness (QED) is 0.795. The van der Waals surface area contributed by atoms with Crippen LogP contribution in [0.4, 0.5) is 0 Å². The van der Waals surface area contributed by atoms with Gasteiger partial charge in [0.25, 0.3) is 0 Å². The van der Waals surface area contributed by atoms with Gasteiger partial charge in [-0.05, 0) is 24.3 Å². The fourth-order valence-corrected chi connectivity index (χ4v) is 2.23. The summed E-state index contributed by atoms with van der Waals surface area (Å²) in [4.78, 5) is 0. The first-order valence-corrected chi connectivity index (χ1v) is 6.13. The van der Waals surface area contributed by atoms with Crippen molar-refractivity contribution in [3.8, 4) is 0 Å². The summed E-state index contributed by atoms with van der Waals surface area (Å²) in [5.74, 6) is 1.61. The maximum atomic E-state index is 9.92. The van der Waals surface area contributed by atoms with Crippen LogP contribution in [0.3, 0.4) is 0 Å². The van der Waals surface area contributed by atoms with Gasteiger partial charge in [0.2, 0.25) is 0 Å². The van der Waals surface area contributed by atoms with Crippen LogP contribution in [-0.2, 0) is 0 Å². The Morgan fingerprint density at radius 3 is 2.50 bits per heavy atom. The fourth-order valence-electron chi connectivity index (χ4n) is 2.23. The number of hydrogen-bond acceptors (Lipinski definition) is 2. The SMILES string of the molecule is O[C@H](CNC[C]1CCCC1)c1ccccc1. The Kier molecular flexibility index (Phi) is 4.37. The zero-order valence-corrected chi connectivity index (χ0v) is 9.65. The molecule has 2 rings (SSSR count). The molecule has 1 atom stereocenters. The minimum atomic E-state index is -0.386. The summed E-state index contributed by atoms with van der Waals surface area (Å²) < 4.78 is 0. The minimum absolute atomic E-state index is 0.386. The van der Waals surface area contributed by atoms with Gasteiger partial charge >= 0.3 is 0 Å². The van der Waals surface area contributed by atoms with Gasteiger partial charge in [-0.2, -0.15) is 0 Å². The highest BCUT2D eigenvalue weighted by molar-refractivity contribution is 5.17. The molecule has 1 saturated carbocycles. The third kappa shape index (κ3) is 3.32. The summed E-state index contributed by atoms with van der Waals surface area (Å²) in [5, 5.41) is 13.3. The third-order valence-electron chi connectivity index (χ3n) is 3.21. The summed E-state index contributed by atoms with van der Waals surface area (Å²) >= 11 is 0. The first-order valence-electron chi connectivity index (χ1n) is 6.13. The lowest BCUT2D eigenvalue weighted by Gasteiger charge is -2.14. The molecule has 1 aliphatic carbocycles. The van der Waals surface area contributed by atoms with Gasteiger partial charge in [0.15, 0.2) is 0 Å². The summed E-state index contributed by atoms with van der Waals surface area (Å²) in [6.45, 7) is 1.62. The first-order chi connectivity index (χ1) is 7.86. The Morgan fingerprint density at radius 1 is 1.12 bits per heavy atom. The molecule has 0 bridgehead atoms. The molecule has 0 unspecified atom stereocenters. The Bertz CT molecular complexity index is 293. The zero-order valence-electron chi connectivity index (χ0n) is 9.65. The van der Waals surface area contributed by atoms with E-state index in [-0.39, 0.29) is 6.10 Å². The highest BCUT2D eigenvalue weighted by Gasteiger charge is 2.15. The van der Waals surface area contributed by atoms with Gasteiger partial charge in [-0.25, -0.2) is 0 Å². The van der Waals surface area contributed by atoms with Crippen molar-refractivity contribution in [2.45, 2.75) is 31.8 Å². The lowest BCUT2D eigenvalue weighted by molar-refractivity contribution is 0.175. The maximum absolute atomic E-state index is 9.92. The van der Waals surface area contributed by atoms with Crippen LogP contribution < -0.4 is 5.32 Å². The van der Waals surface area contributed by atoms with Crippen LogP contribution in [-0.4, -0.2) is 18.2 Å². The van der Waals surface area contributed by atoms with Crippen molar-refractivity contribution in [1.29, 1.82) is 0 Å². The van der Waals surface area contributed by atoms with Crippen molar-refractivity contribution in [1.82, 2.24) is 5.32 Å². The second-order valence-electron chi connectivity index (χ2n) is 4.51. The molecule has 2 N–H and O–H groups in total. The molecule has 1 radical (unpaired) electrons. The van der Waals surface area contributed by atoms with E-state index in [2.05, 4.69) is 5.32 Å². The van der Waals surface area contributed by atoms with Gasteiger partial charge in [-0.15, -0.1) is 0 Å². The molecular formula is C14H20NO. The number of hydrogen-bond donors (Lipinski definition) is 2. The van der Waals surface area contributed by atoms with E-state index in [9.17, 15) is 5.11 Å². The monoisotopic (exact) mass is 218 g/mol. The molecule has 87 valence electrons. The van der Waals surface area contributed by atoms with Crippen molar-refractivity contribution in [3.05, 3.63) is 41.8 Å². The van der Waals surface area contributed by atoms with Crippen molar-refractivity contribution in [2.24, 2.45) is 0 Å². The molecule has 0 spiro atoms. The molecular weight excluding hydrogens is 198 g/mol. The molecule has 1 fully saturated rings. The maximum Gasteiger partial charge on any atom is 0.0914 e. The van der Waals surface area contributed by atoms with Gasteiger partial charge in [0, 0.05) is 13.1 Å². The lowest BCUT2D eigenvalue weighted by atomic mass is 10.1. The lowest BCUT2D eigenvalue weighted by Crippen LogP contribution is -2.25. The van der Waals surface area contributed by atoms with E-state index in [4.69, 9.17) is 0 Å². The Morgan fingerprint density at radius 2 is 1.81 bits per heavy atom. The summed E-state index contributed by atoms with van der Waals surface area (Å²) in [7, 11) is 0. The average Bonchev–Trinajstić information content (AvgIpc) is 2.83. The average molecular weight is 218 g/mol. The highest BCUT2D eigenvalue weighted by Crippen LogP contribution is 2.25. The van der Waals surface area contributed by atoms with Crippen LogP contribution in [0.15, 0.2) is 30.3 Å². The van der Waals surface area contributed by atoms with Crippen LogP contribution in [0.1, 0.15) is 37.4 Å². The Hall–Kier alpha value is -0.860. The molecule has 2 nitrogen and oxygen atoms in total. The van der Waals surface area contributed by atoms with E-state index in [0.29, 0.717) is 6.54 Å². The number of aliphatic hydroxyl groups excluding tert-OH is 1. The van der Waals surface area contributed by atoms with E-state index in [1.165, 1.54) is 25.7 Å². The molecule has 1 aromatic carbocycles. The molecule has 2 heteroatoms. The third-order valence-corrected chi connectivity index (χ3v) is 3.21. The van der Waals surface area contributed by atoms with Crippen LogP contribution in [0, 0.1) is 5.92 Å². The Balaban J connectivity index is 1.69. The van der Waals surface area contributed by atoms with Crippen LogP contribution in [0.25, 0.3) is 0 Å². The van der Waals surface area contributed by atoms with Gasteiger partial charge in [-0.1, -0.05) is 43.2 Å². The van der Waals surface area contributed by atoms with Gasteiger partial charge < -0.3 is 10.4 Å². The molecule has 0 saturated heterocycles. The van der Waals surface area contributed by atoms with Gasteiger partial charge in [0.1, 0.15) is 0 Å². The normalized spacial score (nSPS) is 18.8. The van der Waals surface area contributed by atoms with Crippen LogP contribution in [0.5, 0.6) is 0 Å². The fraction of sp³-hybridized carbons (Fsp3) is 0.500. The molecule has 0 aromatic heterocycles. The largest absolute Gasteiger partial charge is 0.387 e. The predicted octanol–water partition coefficient (Wildman–Crippen LogP) is 2.46. The molecule has 0 heterocycles. The highest BCUT2D eigenvalue weighted by atomic mass is 16.3. The first kappa shape index (κ1) is 11.6. The van der Waals surface area contributed by atoms with Crippen LogP contribution >= 0.6 is 0 Å². The summed E-state index contributed by atoms with van der Waals surface area (Å²) in [5.41, 5.74) is 0.992. The number of rotatable bonds is 5. The van der Waals surface area contributed by atoms with E-state index in [1.807, 2.05) is 30.3 Å². The molecule has 1 aromatic rings. The molecule has 16 heavy (non-hydrogen) atoms. The van der Waals surface area contributed by atoms with Crippen molar-refractivity contribution >= 4 is 0 Å². The zero-order chi connectivity index (χ0) is 11.2. The van der Waals surface area contributed by atoms with E-state index in [1.54, 1.807) is 5.92 Å². The molecule has 0 aliphatic heterocycles. The van der Waals surface area contributed by atoms with Crippen molar-refractivity contribution < 1.29 is 5.11 Å². The van der Waals surface area contributed by atoms with Crippen LogP contribution in [0.2, 0.25) is 0 Å². The van der Waals surface area contributed by atoms with E-state index < -0.39 is 0 Å². The second kappa shape index (κ2) is 6.02. The predicted molar refractivity (Wildman–Crippen MR) is 66.0 cm³/mol. The topological polar surface area (TPSA) is 32.3 Å². The standard InChI is InChI=1S/C14H20NO/c16-14(13-8-2-1-3-9-13)11-15-10-12-6-4-5-7-12/h1-3,8-9,14-16H,4-7,10-11H2/t14-/m1/s1. The number of benzene rings is 1. The second-order valence-corrected chi connectivity index (χ2v) is 4.51. The number of aliphatic hydroxyl groups is 1. The molecule has 1 aliphatic rings. The molecule has 0 amide bonds. The van der Waals surface area contributed by atoms with Gasteiger partial charge in [-0.3, -0.25) is 0 Å². The summed E-state index contributed by atoms with van der Waals surface area (Å²) in [6.07, 6.45) is 4.85. The van der Waals surface area contributed by atoms with E-state index >= 15 is 0 Å². The smallest absolute Gasteiger partial charge is 0.0914 e. The number of nitrogens with one attached hydrogen (secondary N) is 1. The summed E-state index contributed by atoms with van der Waals surface area (Å²) in [6, 6.07) is 9.83.